The Morgan fingerprint density at radius 3 is 2.31 bits per heavy atom. The van der Waals surface area contributed by atoms with E-state index in [0.717, 1.165) is 11.3 Å². The smallest absolute Gasteiger partial charge is 0.425 e. The molecule has 1 rings (SSSR count). The summed E-state index contributed by atoms with van der Waals surface area (Å²) in [5, 5.41) is 0. The largest absolute Gasteiger partial charge is 0.452 e. The lowest BCUT2D eigenvalue weighted by Crippen LogP contribution is -2.29. The summed E-state index contributed by atoms with van der Waals surface area (Å²) >= 11 is 0. The maximum Gasteiger partial charge on any atom is 0.425 e. The van der Waals surface area contributed by atoms with E-state index in [-0.39, 0.29) is 0 Å². The van der Waals surface area contributed by atoms with Gasteiger partial charge < -0.3 is 4.74 Å². The molecule has 1 amide bonds. The van der Waals surface area contributed by atoms with E-state index in [1.807, 2.05) is 19.9 Å². The fraction of sp³-hybridized carbons (Fsp3) is 0.417. The minimum atomic E-state index is -0.504. The van der Waals surface area contributed by atoms with Crippen molar-refractivity contribution in [1.82, 2.24) is 5.43 Å². The summed E-state index contributed by atoms with van der Waals surface area (Å²) in [7, 11) is 1.33. The number of aryl methyl sites for hydroxylation is 1. The monoisotopic (exact) mass is 222 g/mol. The number of ether oxygens (including phenoxy) is 1. The number of methoxy groups -OCH3 is 1. The lowest BCUT2D eigenvalue weighted by atomic mass is 9.98. The molecule has 0 bridgehead atoms. The Labute approximate surface area is 96.0 Å². The van der Waals surface area contributed by atoms with Crippen LogP contribution in [0.5, 0.6) is 0 Å². The van der Waals surface area contributed by atoms with E-state index >= 15 is 0 Å². The molecule has 2 N–H and O–H groups in total. The number of hydrogen-bond acceptors (Lipinski definition) is 3. The number of carbonyl (C=O) groups is 1. The van der Waals surface area contributed by atoms with Crippen LogP contribution in [-0.4, -0.2) is 13.2 Å². The van der Waals surface area contributed by atoms with Gasteiger partial charge in [-0.1, -0.05) is 0 Å². The van der Waals surface area contributed by atoms with Crippen molar-refractivity contribution in [3.8, 4) is 0 Å². The summed E-state index contributed by atoms with van der Waals surface area (Å²) < 4.78 is 4.48. The molecule has 0 aliphatic heterocycles. The molecule has 1 aromatic carbocycles. The van der Waals surface area contributed by atoms with Crippen LogP contribution < -0.4 is 10.9 Å². The zero-order chi connectivity index (χ0) is 12.3. The van der Waals surface area contributed by atoms with E-state index in [1.54, 1.807) is 0 Å². The fourth-order valence-corrected chi connectivity index (χ4v) is 1.51. The van der Waals surface area contributed by atoms with Gasteiger partial charge in [-0.3, -0.25) is 5.43 Å². The summed E-state index contributed by atoms with van der Waals surface area (Å²) in [5.74, 6) is 0. The van der Waals surface area contributed by atoms with E-state index in [1.165, 1.54) is 23.8 Å². The average molecular weight is 222 g/mol. The normalized spacial score (nSPS) is 9.81. The molecule has 4 heteroatoms. The number of benzene rings is 1. The molecule has 0 unspecified atom stereocenters. The molecule has 0 atom stereocenters. The number of hydrazine groups is 1. The molecule has 0 radical (unpaired) electrons. The van der Waals surface area contributed by atoms with Gasteiger partial charge >= 0.3 is 6.09 Å². The fourth-order valence-electron chi connectivity index (χ4n) is 1.51. The van der Waals surface area contributed by atoms with Crippen molar-refractivity contribution in [2.45, 2.75) is 27.7 Å². The third-order valence-corrected chi connectivity index (χ3v) is 2.97. The van der Waals surface area contributed by atoms with Crippen molar-refractivity contribution in [3.05, 3.63) is 28.3 Å². The van der Waals surface area contributed by atoms with Crippen LogP contribution in [0.1, 0.15) is 22.3 Å². The van der Waals surface area contributed by atoms with Crippen molar-refractivity contribution in [2.75, 3.05) is 12.5 Å². The second-order valence-electron chi connectivity index (χ2n) is 3.86. The standard InChI is InChI=1S/C12H18N2O2/c1-7-6-11(13-14-12(15)16-5)10(4)9(3)8(7)2/h6,13H,1-5H3,(H,14,15). The van der Waals surface area contributed by atoms with Crippen LogP contribution in [0.15, 0.2) is 6.07 Å². The topological polar surface area (TPSA) is 50.4 Å². The molecule has 0 fully saturated rings. The zero-order valence-corrected chi connectivity index (χ0v) is 10.4. The molecule has 0 saturated carbocycles. The minimum absolute atomic E-state index is 0.504. The highest BCUT2D eigenvalue weighted by atomic mass is 16.5. The van der Waals surface area contributed by atoms with Gasteiger partial charge in [0.25, 0.3) is 0 Å². The van der Waals surface area contributed by atoms with Crippen molar-refractivity contribution >= 4 is 11.8 Å². The third kappa shape index (κ3) is 2.45. The maximum absolute atomic E-state index is 10.9. The second kappa shape index (κ2) is 4.88. The van der Waals surface area contributed by atoms with Gasteiger partial charge in [-0.15, -0.1) is 0 Å². The molecule has 4 nitrogen and oxygen atoms in total. The maximum atomic E-state index is 10.9. The minimum Gasteiger partial charge on any atom is -0.452 e. The molecule has 0 heterocycles. The molecule has 1 aromatic rings. The second-order valence-corrected chi connectivity index (χ2v) is 3.86. The van der Waals surface area contributed by atoms with Crippen LogP contribution in [0.3, 0.4) is 0 Å². The van der Waals surface area contributed by atoms with E-state index < -0.39 is 6.09 Å². The van der Waals surface area contributed by atoms with Gasteiger partial charge in [0, 0.05) is 0 Å². The summed E-state index contributed by atoms with van der Waals surface area (Å²) in [6.45, 7) is 8.23. The van der Waals surface area contributed by atoms with E-state index in [9.17, 15) is 4.79 Å². The van der Waals surface area contributed by atoms with Gasteiger partial charge in [0.1, 0.15) is 0 Å². The Balaban J connectivity index is 2.93. The van der Waals surface area contributed by atoms with Crippen molar-refractivity contribution in [1.29, 1.82) is 0 Å². The van der Waals surface area contributed by atoms with Crippen molar-refractivity contribution in [2.24, 2.45) is 0 Å². The van der Waals surface area contributed by atoms with Gasteiger partial charge in [-0.05, 0) is 56.0 Å². The van der Waals surface area contributed by atoms with Crippen LogP contribution in [0.25, 0.3) is 0 Å². The van der Waals surface area contributed by atoms with Gasteiger partial charge in [0.2, 0.25) is 0 Å². The van der Waals surface area contributed by atoms with Crippen LogP contribution in [0.4, 0.5) is 10.5 Å². The third-order valence-electron chi connectivity index (χ3n) is 2.97. The summed E-state index contributed by atoms with van der Waals surface area (Å²) in [6, 6.07) is 2.01. The van der Waals surface area contributed by atoms with Crippen LogP contribution in [-0.2, 0) is 4.74 Å². The molecule has 0 aromatic heterocycles. The number of carbonyl (C=O) groups excluding carboxylic acids is 1. The molecule has 16 heavy (non-hydrogen) atoms. The van der Waals surface area contributed by atoms with Crippen LogP contribution in [0.2, 0.25) is 0 Å². The number of amides is 1. The molecular weight excluding hydrogens is 204 g/mol. The molecule has 0 saturated heterocycles. The zero-order valence-electron chi connectivity index (χ0n) is 10.4. The van der Waals surface area contributed by atoms with E-state index in [4.69, 9.17) is 0 Å². The highest BCUT2D eigenvalue weighted by Crippen LogP contribution is 2.24. The summed E-state index contributed by atoms with van der Waals surface area (Å²) in [4.78, 5) is 10.9. The molecular formula is C12H18N2O2. The number of anilines is 1. The molecule has 88 valence electrons. The van der Waals surface area contributed by atoms with Gasteiger partial charge in [0.05, 0.1) is 12.8 Å². The first-order chi connectivity index (χ1) is 7.47. The Bertz CT molecular complexity index is 414. The van der Waals surface area contributed by atoms with Crippen molar-refractivity contribution in [3.63, 3.8) is 0 Å². The molecule has 0 aliphatic rings. The Hall–Kier alpha value is -1.71. The number of nitrogens with one attached hydrogen (secondary N) is 2. The first kappa shape index (κ1) is 12.4. The highest BCUT2D eigenvalue weighted by Gasteiger charge is 2.07. The lowest BCUT2D eigenvalue weighted by molar-refractivity contribution is 0.173. The molecule has 0 spiro atoms. The Kier molecular flexibility index (Phi) is 3.77. The van der Waals surface area contributed by atoms with Gasteiger partial charge in [-0.25, -0.2) is 10.2 Å². The van der Waals surface area contributed by atoms with E-state index in [0.29, 0.717) is 0 Å². The first-order valence-corrected chi connectivity index (χ1v) is 5.14. The summed E-state index contributed by atoms with van der Waals surface area (Å²) in [5.41, 5.74) is 11.0. The van der Waals surface area contributed by atoms with Crippen LogP contribution in [0, 0.1) is 27.7 Å². The quantitative estimate of drug-likeness (QED) is 0.756. The predicted octanol–water partition coefficient (Wildman–Crippen LogP) is 2.60. The van der Waals surface area contributed by atoms with Gasteiger partial charge in [-0.2, -0.15) is 0 Å². The highest BCUT2D eigenvalue weighted by molar-refractivity contribution is 5.70. The number of hydrogen-bond donors (Lipinski definition) is 2. The summed E-state index contributed by atoms with van der Waals surface area (Å²) in [6.07, 6.45) is -0.504. The van der Waals surface area contributed by atoms with Crippen molar-refractivity contribution < 1.29 is 9.53 Å². The van der Waals surface area contributed by atoms with Gasteiger partial charge in [0.15, 0.2) is 0 Å². The average Bonchev–Trinajstić information content (AvgIpc) is 2.28. The lowest BCUT2D eigenvalue weighted by Gasteiger charge is -2.15. The van der Waals surface area contributed by atoms with E-state index in [2.05, 4.69) is 29.4 Å². The Morgan fingerprint density at radius 1 is 1.12 bits per heavy atom. The number of rotatable bonds is 2. The SMILES string of the molecule is COC(=O)NNc1cc(C)c(C)c(C)c1C. The first-order valence-electron chi connectivity index (χ1n) is 5.14. The molecule has 0 aliphatic carbocycles. The van der Waals surface area contributed by atoms with Crippen LogP contribution >= 0.6 is 0 Å². The Morgan fingerprint density at radius 2 is 1.75 bits per heavy atom. The predicted molar refractivity (Wildman–Crippen MR) is 64.6 cm³/mol.